The van der Waals surface area contributed by atoms with Gasteiger partial charge in [-0.15, -0.1) is 0 Å². The van der Waals surface area contributed by atoms with Crippen LogP contribution >= 0.6 is 11.6 Å². The molecule has 0 aliphatic rings. The van der Waals surface area contributed by atoms with E-state index in [1.165, 1.54) is 0 Å². The molecule has 4 heteroatoms. The molecule has 0 saturated heterocycles. The fraction of sp³-hybridized carbons (Fsp3) is 0.462. The predicted octanol–water partition coefficient (Wildman–Crippen LogP) is 2.62. The minimum absolute atomic E-state index is 0.0557. The third-order valence-corrected chi connectivity index (χ3v) is 3.18. The zero-order valence-corrected chi connectivity index (χ0v) is 10.9. The molecule has 2 N–H and O–H groups in total. The highest BCUT2D eigenvalue weighted by molar-refractivity contribution is 6.30. The van der Waals surface area contributed by atoms with E-state index in [1.54, 1.807) is 24.3 Å². The zero-order valence-electron chi connectivity index (χ0n) is 10.2. The summed E-state index contributed by atoms with van der Waals surface area (Å²) in [6.45, 7) is 3.96. The second-order valence-electron chi connectivity index (χ2n) is 4.35. The van der Waals surface area contributed by atoms with Crippen molar-refractivity contribution in [2.24, 2.45) is 0 Å². The number of carbonyl (C=O) groups is 1. The molecule has 17 heavy (non-hydrogen) atoms. The van der Waals surface area contributed by atoms with Crippen molar-refractivity contribution >= 4 is 17.5 Å². The number of rotatable bonds is 5. The van der Waals surface area contributed by atoms with Crippen LogP contribution in [0.5, 0.6) is 0 Å². The van der Waals surface area contributed by atoms with Gasteiger partial charge in [0.15, 0.2) is 0 Å². The van der Waals surface area contributed by atoms with E-state index in [4.69, 9.17) is 16.7 Å². The summed E-state index contributed by atoms with van der Waals surface area (Å²) in [5.41, 5.74) is 0.156. The first-order chi connectivity index (χ1) is 8.00. The molecule has 0 aromatic heterocycles. The van der Waals surface area contributed by atoms with E-state index >= 15 is 0 Å². The van der Waals surface area contributed by atoms with Crippen LogP contribution in [0.4, 0.5) is 0 Å². The molecule has 1 amide bonds. The van der Waals surface area contributed by atoms with Crippen LogP contribution < -0.4 is 5.32 Å². The van der Waals surface area contributed by atoms with Gasteiger partial charge < -0.3 is 10.4 Å². The summed E-state index contributed by atoms with van der Waals surface area (Å²) in [4.78, 5) is 12.0. The second kappa shape index (κ2) is 6.03. The Kier molecular flexibility index (Phi) is 4.97. The second-order valence-corrected chi connectivity index (χ2v) is 4.79. The lowest BCUT2D eigenvalue weighted by molar-refractivity contribution is 0.0886. The number of benzene rings is 1. The highest BCUT2D eigenvalue weighted by Gasteiger charge is 2.24. The van der Waals surface area contributed by atoms with E-state index in [2.05, 4.69) is 5.32 Å². The van der Waals surface area contributed by atoms with Crippen LogP contribution in [0.3, 0.4) is 0 Å². The van der Waals surface area contributed by atoms with Crippen molar-refractivity contribution in [3.8, 4) is 0 Å². The molecule has 1 aromatic rings. The van der Waals surface area contributed by atoms with E-state index in [1.807, 2.05) is 13.8 Å². The average Bonchev–Trinajstić information content (AvgIpc) is 2.29. The molecule has 1 atom stereocenters. The highest BCUT2D eigenvalue weighted by Crippen LogP contribution is 2.16. The van der Waals surface area contributed by atoms with Gasteiger partial charge >= 0.3 is 0 Å². The number of hydrogen-bond donors (Lipinski definition) is 2. The van der Waals surface area contributed by atoms with Crippen molar-refractivity contribution < 1.29 is 9.90 Å². The standard InChI is InChI=1S/C13H18ClNO2/c1-3-13(2,7-8-16)15-12(17)10-5-4-6-11(14)9-10/h4-6,9,16H,3,7-8H2,1-2H3,(H,15,17). The Balaban J connectivity index is 2.77. The van der Waals surface area contributed by atoms with Crippen LogP contribution in [0.2, 0.25) is 5.02 Å². The van der Waals surface area contributed by atoms with E-state index < -0.39 is 0 Å². The monoisotopic (exact) mass is 255 g/mol. The fourth-order valence-electron chi connectivity index (χ4n) is 1.55. The molecule has 0 radical (unpaired) electrons. The lowest BCUT2D eigenvalue weighted by atomic mass is 9.94. The Labute approximate surface area is 107 Å². The lowest BCUT2D eigenvalue weighted by Crippen LogP contribution is -2.46. The first-order valence-electron chi connectivity index (χ1n) is 5.69. The maximum Gasteiger partial charge on any atom is 0.251 e. The maximum atomic E-state index is 12.0. The van der Waals surface area contributed by atoms with Gasteiger partial charge in [0.25, 0.3) is 5.91 Å². The normalized spacial score (nSPS) is 14.1. The maximum absolute atomic E-state index is 12.0. The minimum Gasteiger partial charge on any atom is -0.396 e. The predicted molar refractivity (Wildman–Crippen MR) is 69.3 cm³/mol. The summed E-state index contributed by atoms with van der Waals surface area (Å²) < 4.78 is 0. The Morgan fingerprint density at radius 1 is 1.53 bits per heavy atom. The van der Waals surface area contributed by atoms with E-state index in [-0.39, 0.29) is 18.1 Å². The number of nitrogens with one attached hydrogen (secondary N) is 1. The van der Waals surface area contributed by atoms with Gasteiger partial charge in [-0.25, -0.2) is 0 Å². The number of aliphatic hydroxyl groups excluding tert-OH is 1. The summed E-state index contributed by atoms with van der Waals surface area (Å²) in [7, 11) is 0. The van der Waals surface area contributed by atoms with Gasteiger partial charge in [-0.3, -0.25) is 4.79 Å². The number of carbonyl (C=O) groups excluding carboxylic acids is 1. The molecule has 0 aliphatic carbocycles. The van der Waals surface area contributed by atoms with Crippen molar-refractivity contribution in [1.29, 1.82) is 0 Å². The summed E-state index contributed by atoms with van der Waals surface area (Å²) >= 11 is 5.84. The molecule has 0 spiro atoms. The van der Waals surface area contributed by atoms with Crippen molar-refractivity contribution in [3.05, 3.63) is 34.9 Å². The van der Waals surface area contributed by atoms with Gasteiger partial charge in [-0.1, -0.05) is 24.6 Å². The highest BCUT2D eigenvalue weighted by atomic mass is 35.5. The third kappa shape index (κ3) is 4.02. The van der Waals surface area contributed by atoms with Crippen molar-refractivity contribution in [2.45, 2.75) is 32.2 Å². The van der Waals surface area contributed by atoms with E-state index in [9.17, 15) is 4.79 Å². The van der Waals surface area contributed by atoms with Crippen molar-refractivity contribution in [3.63, 3.8) is 0 Å². The Bertz CT molecular complexity index is 395. The van der Waals surface area contributed by atoms with Gasteiger partial charge in [0.2, 0.25) is 0 Å². The summed E-state index contributed by atoms with van der Waals surface area (Å²) in [5, 5.41) is 12.5. The molecule has 1 aromatic carbocycles. The van der Waals surface area contributed by atoms with Crippen LogP contribution in [0.15, 0.2) is 24.3 Å². The van der Waals surface area contributed by atoms with Crippen molar-refractivity contribution in [2.75, 3.05) is 6.61 Å². The molecule has 1 rings (SSSR count). The van der Waals surface area contributed by atoms with Gasteiger partial charge in [0.05, 0.1) is 0 Å². The number of aliphatic hydroxyl groups is 1. The van der Waals surface area contributed by atoms with Gasteiger partial charge in [0, 0.05) is 22.7 Å². The van der Waals surface area contributed by atoms with Gasteiger partial charge in [-0.2, -0.15) is 0 Å². The smallest absolute Gasteiger partial charge is 0.251 e. The van der Waals surface area contributed by atoms with E-state index in [0.717, 1.165) is 6.42 Å². The Hall–Kier alpha value is -1.06. The number of halogens is 1. The topological polar surface area (TPSA) is 49.3 Å². The summed E-state index contributed by atoms with van der Waals surface area (Å²) in [6.07, 6.45) is 1.30. The summed E-state index contributed by atoms with van der Waals surface area (Å²) in [6, 6.07) is 6.82. The Morgan fingerprint density at radius 3 is 2.76 bits per heavy atom. The molecule has 0 fully saturated rings. The molecule has 1 unspecified atom stereocenters. The molecule has 0 saturated carbocycles. The number of amides is 1. The molecule has 0 aliphatic heterocycles. The molecule has 0 heterocycles. The van der Waals surface area contributed by atoms with Crippen LogP contribution in [-0.2, 0) is 0 Å². The van der Waals surface area contributed by atoms with E-state index in [0.29, 0.717) is 17.0 Å². The summed E-state index contributed by atoms with van der Waals surface area (Å²) in [5.74, 6) is -0.162. The fourth-order valence-corrected chi connectivity index (χ4v) is 1.74. The van der Waals surface area contributed by atoms with Crippen LogP contribution in [0.25, 0.3) is 0 Å². The number of hydrogen-bond acceptors (Lipinski definition) is 2. The average molecular weight is 256 g/mol. The Morgan fingerprint density at radius 2 is 2.24 bits per heavy atom. The molecule has 94 valence electrons. The third-order valence-electron chi connectivity index (χ3n) is 2.95. The minimum atomic E-state index is -0.381. The zero-order chi connectivity index (χ0) is 12.9. The van der Waals surface area contributed by atoms with Crippen LogP contribution in [-0.4, -0.2) is 23.2 Å². The van der Waals surface area contributed by atoms with Gasteiger partial charge in [0.1, 0.15) is 0 Å². The quantitative estimate of drug-likeness (QED) is 0.850. The van der Waals surface area contributed by atoms with Crippen LogP contribution in [0, 0.1) is 0 Å². The van der Waals surface area contributed by atoms with Crippen molar-refractivity contribution in [1.82, 2.24) is 5.32 Å². The van der Waals surface area contributed by atoms with Crippen LogP contribution in [0.1, 0.15) is 37.0 Å². The SMILES string of the molecule is CCC(C)(CCO)NC(=O)c1cccc(Cl)c1. The molecular weight excluding hydrogens is 238 g/mol. The molecular formula is C13H18ClNO2. The van der Waals surface area contributed by atoms with Gasteiger partial charge in [-0.05, 0) is 38.0 Å². The lowest BCUT2D eigenvalue weighted by Gasteiger charge is -2.29. The largest absolute Gasteiger partial charge is 0.396 e. The first kappa shape index (κ1) is 14.0. The molecule has 3 nitrogen and oxygen atoms in total. The molecule has 0 bridgehead atoms. The first-order valence-corrected chi connectivity index (χ1v) is 6.07.